The first-order valence-electron chi connectivity index (χ1n) is 4.01. The van der Waals surface area contributed by atoms with Gasteiger partial charge in [-0.2, -0.15) is 0 Å². The molecule has 0 unspecified atom stereocenters. The van der Waals surface area contributed by atoms with Crippen molar-refractivity contribution < 1.29 is 14.6 Å². The summed E-state index contributed by atoms with van der Waals surface area (Å²) in [5.74, 6) is 0.133. The second kappa shape index (κ2) is 7.69. The van der Waals surface area contributed by atoms with E-state index >= 15 is 0 Å². The van der Waals surface area contributed by atoms with Crippen molar-refractivity contribution >= 4 is 5.78 Å². The van der Waals surface area contributed by atoms with Crippen molar-refractivity contribution in [3.8, 4) is 0 Å². The van der Waals surface area contributed by atoms with Gasteiger partial charge in [-0.15, -0.1) is 0 Å². The highest BCUT2D eigenvalue weighted by atomic mass is 16.5. The molecule has 0 saturated carbocycles. The number of Topliss-reactive ketones (excluding diaryl/α,β-unsaturated/α-hetero) is 1. The van der Waals surface area contributed by atoms with Crippen molar-refractivity contribution in [2.24, 2.45) is 0 Å². The molecular weight excluding hydrogens is 144 g/mol. The molecule has 0 aromatic rings. The van der Waals surface area contributed by atoms with Crippen LogP contribution in [0.3, 0.4) is 0 Å². The summed E-state index contributed by atoms with van der Waals surface area (Å²) >= 11 is 0. The van der Waals surface area contributed by atoms with Gasteiger partial charge in [-0.1, -0.05) is 6.92 Å². The third-order valence-corrected chi connectivity index (χ3v) is 1.35. The minimum absolute atomic E-state index is 0.133. The van der Waals surface area contributed by atoms with Crippen LogP contribution in [0.25, 0.3) is 0 Å². The van der Waals surface area contributed by atoms with Crippen molar-refractivity contribution in [1.29, 1.82) is 0 Å². The lowest BCUT2D eigenvalue weighted by Gasteiger charge is -2.00. The van der Waals surface area contributed by atoms with E-state index in [4.69, 9.17) is 9.84 Å². The molecule has 0 radical (unpaired) electrons. The standard InChI is InChI=1S/C8H16O3/c1-2-8(10)7-11-6-4-3-5-9/h9H,2-7H2,1H3. The molecule has 0 heterocycles. The van der Waals surface area contributed by atoms with Gasteiger partial charge in [0.2, 0.25) is 0 Å². The summed E-state index contributed by atoms with van der Waals surface area (Å²) in [4.78, 5) is 10.7. The summed E-state index contributed by atoms with van der Waals surface area (Å²) in [6.07, 6.45) is 2.12. The maximum atomic E-state index is 10.7. The fourth-order valence-electron chi connectivity index (χ4n) is 0.604. The Bertz CT molecular complexity index is 102. The number of aliphatic hydroxyl groups excluding tert-OH is 1. The van der Waals surface area contributed by atoms with Crippen molar-refractivity contribution in [2.45, 2.75) is 26.2 Å². The van der Waals surface area contributed by atoms with Crippen LogP contribution >= 0.6 is 0 Å². The largest absolute Gasteiger partial charge is 0.396 e. The number of carbonyl (C=O) groups excluding carboxylic acids is 1. The Balaban J connectivity index is 2.95. The van der Waals surface area contributed by atoms with Gasteiger partial charge in [0.1, 0.15) is 6.61 Å². The van der Waals surface area contributed by atoms with Crippen molar-refractivity contribution in [1.82, 2.24) is 0 Å². The van der Waals surface area contributed by atoms with Crippen LogP contribution in [0.15, 0.2) is 0 Å². The SMILES string of the molecule is CCC(=O)COCCCCO. The first-order chi connectivity index (χ1) is 5.31. The summed E-state index contributed by atoms with van der Waals surface area (Å²) < 4.78 is 5.03. The number of ketones is 1. The number of hydrogen-bond acceptors (Lipinski definition) is 3. The topological polar surface area (TPSA) is 46.5 Å². The van der Waals surface area contributed by atoms with Gasteiger partial charge in [-0.25, -0.2) is 0 Å². The van der Waals surface area contributed by atoms with Gasteiger partial charge in [-0.05, 0) is 12.8 Å². The molecule has 0 amide bonds. The minimum Gasteiger partial charge on any atom is -0.396 e. The molecule has 0 atom stereocenters. The van der Waals surface area contributed by atoms with E-state index < -0.39 is 0 Å². The van der Waals surface area contributed by atoms with Crippen LogP contribution in [-0.4, -0.2) is 30.7 Å². The van der Waals surface area contributed by atoms with Gasteiger partial charge in [0.25, 0.3) is 0 Å². The molecule has 3 heteroatoms. The molecule has 66 valence electrons. The van der Waals surface area contributed by atoms with Crippen LogP contribution in [0.1, 0.15) is 26.2 Å². The highest BCUT2D eigenvalue weighted by Gasteiger charge is 1.96. The number of ether oxygens (including phenoxy) is 1. The highest BCUT2D eigenvalue weighted by molar-refractivity contribution is 5.79. The molecule has 0 aliphatic heterocycles. The van der Waals surface area contributed by atoms with E-state index in [-0.39, 0.29) is 19.0 Å². The molecule has 0 saturated heterocycles. The molecule has 1 N–H and O–H groups in total. The van der Waals surface area contributed by atoms with Crippen molar-refractivity contribution in [2.75, 3.05) is 19.8 Å². The summed E-state index contributed by atoms with van der Waals surface area (Å²) in [5, 5.41) is 8.40. The monoisotopic (exact) mass is 160 g/mol. The van der Waals surface area contributed by atoms with Crippen LogP contribution in [0.4, 0.5) is 0 Å². The van der Waals surface area contributed by atoms with Crippen LogP contribution in [-0.2, 0) is 9.53 Å². The fraction of sp³-hybridized carbons (Fsp3) is 0.875. The van der Waals surface area contributed by atoms with E-state index in [0.717, 1.165) is 12.8 Å². The third kappa shape index (κ3) is 7.49. The molecule has 0 spiro atoms. The summed E-state index contributed by atoms with van der Waals surface area (Å²) in [6.45, 7) is 2.82. The van der Waals surface area contributed by atoms with Gasteiger partial charge < -0.3 is 9.84 Å². The zero-order chi connectivity index (χ0) is 8.53. The zero-order valence-electron chi connectivity index (χ0n) is 7.01. The smallest absolute Gasteiger partial charge is 0.158 e. The summed E-state index contributed by atoms with van der Waals surface area (Å²) in [5.41, 5.74) is 0. The Labute approximate surface area is 67.4 Å². The van der Waals surface area contributed by atoms with Crippen LogP contribution in [0, 0.1) is 0 Å². The fourth-order valence-corrected chi connectivity index (χ4v) is 0.604. The molecule has 3 nitrogen and oxygen atoms in total. The maximum Gasteiger partial charge on any atom is 0.158 e. The van der Waals surface area contributed by atoms with Crippen molar-refractivity contribution in [3.63, 3.8) is 0 Å². The molecule has 0 aromatic heterocycles. The lowest BCUT2D eigenvalue weighted by molar-refractivity contribution is -0.123. The summed E-state index contributed by atoms with van der Waals surface area (Å²) in [6, 6.07) is 0. The summed E-state index contributed by atoms with van der Waals surface area (Å²) in [7, 11) is 0. The van der Waals surface area contributed by atoms with E-state index in [9.17, 15) is 4.79 Å². The van der Waals surface area contributed by atoms with Crippen LogP contribution < -0.4 is 0 Å². The third-order valence-electron chi connectivity index (χ3n) is 1.35. The molecule has 0 aliphatic carbocycles. The molecule has 0 bridgehead atoms. The van der Waals surface area contributed by atoms with Gasteiger partial charge in [-0.3, -0.25) is 4.79 Å². The van der Waals surface area contributed by atoms with Gasteiger partial charge in [0.05, 0.1) is 0 Å². The predicted octanol–water partition coefficient (Wildman–Crippen LogP) is 0.755. The Hall–Kier alpha value is -0.410. The second-order valence-electron chi connectivity index (χ2n) is 2.38. The first-order valence-corrected chi connectivity index (χ1v) is 4.01. The van der Waals surface area contributed by atoms with Gasteiger partial charge in [0.15, 0.2) is 5.78 Å². The zero-order valence-corrected chi connectivity index (χ0v) is 7.01. The number of hydrogen-bond donors (Lipinski definition) is 1. The number of unbranched alkanes of at least 4 members (excludes halogenated alkanes) is 1. The predicted molar refractivity (Wildman–Crippen MR) is 42.4 cm³/mol. The quantitative estimate of drug-likeness (QED) is 0.559. The van der Waals surface area contributed by atoms with E-state index in [1.807, 2.05) is 6.92 Å². The Kier molecular flexibility index (Phi) is 7.41. The molecule has 0 aromatic carbocycles. The van der Waals surface area contributed by atoms with E-state index in [2.05, 4.69) is 0 Å². The average Bonchev–Trinajstić information content (AvgIpc) is 2.04. The van der Waals surface area contributed by atoms with E-state index in [0.29, 0.717) is 13.0 Å². The number of aliphatic hydroxyl groups is 1. The second-order valence-corrected chi connectivity index (χ2v) is 2.38. The number of rotatable bonds is 7. The molecule has 0 rings (SSSR count). The van der Waals surface area contributed by atoms with Crippen LogP contribution in [0.5, 0.6) is 0 Å². The average molecular weight is 160 g/mol. The highest BCUT2D eigenvalue weighted by Crippen LogP contribution is 1.89. The molecule has 0 aliphatic rings. The Morgan fingerprint density at radius 3 is 2.73 bits per heavy atom. The maximum absolute atomic E-state index is 10.7. The lowest BCUT2D eigenvalue weighted by Crippen LogP contribution is -2.07. The normalized spacial score (nSPS) is 10.0. The minimum atomic E-state index is 0.133. The van der Waals surface area contributed by atoms with Gasteiger partial charge >= 0.3 is 0 Å². The molecular formula is C8H16O3. The van der Waals surface area contributed by atoms with Crippen molar-refractivity contribution in [3.05, 3.63) is 0 Å². The number of carbonyl (C=O) groups is 1. The molecule has 0 fully saturated rings. The van der Waals surface area contributed by atoms with Crippen LogP contribution in [0.2, 0.25) is 0 Å². The lowest BCUT2D eigenvalue weighted by atomic mass is 10.3. The van der Waals surface area contributed by atoms with E-state index in [1.165, 1.54) is 0 Å². The first kappa shape index (κ1) is 10.6. The van der Waals surface area contributed by atoms with E-state index in [1.54, 1.807) is 0 Å². The molecule has 11 heavy (non-hydrogen) atoms. The Morgan fingerprint density at radius 2 is 2.18 bits per heavy atom. The van der Waals surface area contributed by atoms with Gasteiger partial charge in [0, 0.05) is 19.6 Å². The Morgan fingerprint density at radius 1 is 1.45 bits per heavy atom.